The average molecular weight is 326 g/mol. The van der Waals surface area contributed by atoms with E-state index in [4.69, 9.17) is 10.8 Å². The van der Waals surface area contributed by atoms with Gasteiger partial charge in [-0.15, -0.1) is 0 Å². The van der Waals surface area contributed by atoms with Crippen molar-refractivity contribution in [3.63, 3.8) is 0 Å². The van der Waals surface area contributed by atoms with Crippen LogP contribution in [-0.4, -0.2) is 24.0 Å². The number of primary amides is 1. The van der Waals surface area contributed by atoms with Gasteiger partial charge in [0.15, 0.2) is 5.54 Å². The van der Waals surface area contributed by atoms with Crippen LogP contribution in [0, 0.1) is 6.92 Å². The summed E-state index contributed by atoms with van der Waals surface area (Å²) in [7, 11) is 1.00. The van der Waals surface area contributed by atoms with Crippen LogP contribution < -0.4 is 10.6 Å². The molecule has 0 unspecified atom stereocenters. The Balaban J connectivity index is 0.00000100. The van der Waals surface area contributed by atoms with E-state index in [1.807, 2.05) is 61.5 Å². The molecule has 126 valence electrons. The lowest BCUT2D eigenvalue weighted by Crippen LogP contribution is -2.52. The first-order valence-electron chi connectivity index (χ1n) is 7.75. The van der Waals surface area contributed by atoms with Crippen molar-refractivity contribution in [3.8, 4) is 0 Å². The van der Waals surface area contributed by atoms with Gasteiger partial charge in [0.2, 0.25) is 11.8 Å². The van der Waals surface area contributed by atoms with E-state index in [0.717, 1.165) is 18.2 Å². The number of benzene rings is 2. The van der Waals surface area contributed by atoms with Gasteiger partial charge in [0.1, 0.15) is 0 Å². The van der Waals surface area contributed by atoms with Crippen LogP contribution in [0.1, 0.15) is 24.0 Å². The molecule has 0 aliphatic carbocycles. The molecule has 1 atom stereocenters. The Labute approximate surface area is 141 Å². The molecule has 1 heterocycles. The van der Waals surface area contributed by atoms with Gasteiger partial charge in [-0.25, -0.2) is 0 Å². The summed E-state index contributed by atoms with van der Waals surface area (Å²) in [6, 6.07) is 16.9. The van der Waals surface area contributed by atoms with Crippen molar-refractivity contribution in [2.75, 3.05) is 12.0 Å². The molecule has 24 heavy (non-hydrogen) atoms. The smallest absolute Gasteiger partial charge is 0.248 e. The maximum Gasteiger partial charge on any atom is 0.248 e. The van der Waals surface area contributed by atoms with Gasteiger partial charge >= 0.3 is 0 Å². The van der Waals surface area contributed by atoms with E-state index in [0.29, 0.717) is 18.5 Å². The molecule has 1 saturated heterocycles. The number of carbonyl (C=O) groups excluding carboxylic acids is 2. The molecule has 0 radical (unpaired) electrons. The predicted octanol–water partition coefficient (Wildman–Crippen LogP) is 2.11. The molecule has 0 bridgehead atoms. The molecule has 0 saturated carbocycles. The first-order chi connectivity index (χ1) is 11.6. The summed E-state index contributed by atoms with van der Waals surface area (Å²) in [6.45, 7) is 1.98. The molecular formula is C19H22N2O3. The molecule has 5 nitrogen and oxygen atoms in total. The van der Waals surface area contributed by atoms with E-state index in [-0.39, 0.29) is 5.91 Å². The predicted molar refractivity (Wildman–Crippen MR) is 93.4 cm³/mol. The Kier molecular flexibility index (Phi) is 5.36. The lowest BCUT2D eigenvalue weighted by Gasteiger charge is -2.36. The molecule has 2 amide bonds. The SMILES string of the molecule is CO.Cc1ccc(N2C(=O)CC[C@@]2(C(N)=O)c2ccccc2)cc1. The first-order valence-corrected chi connectivity index (χ1v) is 7.75. The highest BCUT2D eigenvalue weighted by Gasteiger charge is 2.52. The molecule has 0 spiro atoms. The largest absolute Gasteiger partial charge is 0.400 e. The topological polar surface area (TPSA) is 83.6 Å². The zero-order valence-electron chi connectivity index (χ0n) is 13.9. The van der Waals surface area contributed by atoms with E-state index in [1.54, 1.807) is 4.90 Å². The first kappa shape index (κ1) is 17.7. The van der Waals surface area contributed by atoms with Gasteiger partial charge < -0.3 is 10.8 Å². The highest BCUT2D eigenvalue weighted by Crippen LogP contribution is 2.42. The van der Waals surface area contributed by atoms with E-state index in [9.17, 15) is 9.59 Å². The fraction of sp³-hybridized carbons (Fsp3) is 0.263. The number of rotatable bonds is 3. The van der Waals surface area contributed by atoms with Crippen LogP contribution in [0.2, 0.25) is 0 Å². The van der Waals surface area contributed by atoms with Gasteiger partial charge in [-0.05, 0) is 31.0 Å². The Morgan fingerprint density at radius 3 is 2.21 bits per heavy atom. The fourth-order valence-electron chi connectivity index (χ4n) is 3.15. The molecule has 2 aromatic rings. The van der Waals surface area contributed by atoms with Crippen LogP contribution in [0.15, 0.2) is 54.6 Å². The van der Waals surface area contributed by atoms with Crippen LogP contribution >= 0.6 is 0 Å². The van der Waals surface area contributed by atoms with Crippen molar-refractivity contribution in [3.05, 3.63) is 65.7 Å². The summed E-state index contributed by atoms with van der Waals surface area (Å²) in [5.74, 6) is -0.573. The number of anilines is 1. The Hall–Kier alpha value is -2.66. The number of aryl methyl sites for hydroxylation is 1. The van der Waals surface area contributed by atoms with E-state index in [2.05, 4.69) is 0 Å². The van der Waals surface area contributed by atoms with Crippen LogP contribution in [0.4, 0.5) is 5.69 Å². The quantitative estimate of drug-likeness (QED) is 0.906. The number of hydrogen-bond acceptors (Lipinski definition) is 3. The molecule has 5 heteroatoms. The number of carbonyl (C=O) groups is 2. The van der Waals surface area contributed by atoms with E-state index in [1.165, 1.54) is 0 Å². The number of nitrogens with zero attached hydrogens (tertiary/aromatic N) is 1. The Morgan fingerprint density at radius 2 is 1.67 bits per heavy atom. The normalized spacial score (nSPS) is 19.6. The van der Waals surface area contributed by atoms with Gasteiger partial charge in [-0.2, -0.15) is 0 Å². The van der Waals surface area contributed by atoms with Gasteiger partial charge in [-0.1, -0.05) is 48.0 Å². The lowest BCUT2D eigenvalue weighted by atomic mass is 9.86. The second-order valence-corrected chi connectivity index (χ2v) is 5.66. The van der Waals surface area contributed by atoms with Crippen LogP contribution in [0.5, 0.6) is 0 Å². The summed E-state index contributed by atoms with van der Waals surface area (Å²) in [5.41, 5.74) is 7.21. The Morgan fingerprint density at radius 1 is 1.08 bits per heavy atom. The van der Waals surface area contributed by atoms with E-state index >= 15 is 0 Å². The average Bonchev–Trinajstić information content (AvgIpc) is 2.97. The molecular weight excluding hydrogens is 304 g/mol. The fourth-order valence-corrected chi connectivity index (χ4v) is 3.15. The molecule has 1 aliphatic rings. The third kappa shape index (κ3) is 2.90. The third-order valence-electron chi connectivity index (χ3n) is 4.28. The zero-order chi connectivity index (χ0) is 17.7. The minimum Gasteiger partial charge on any atom is -0.400 e. The highest BCUT2D eigenvalue weighted by atomic mass is 16.2. The number of aliphatic hydroxyl groups excluding tert-OH is 1. The molecule has 1 aliphatic heterocycles. The van der Waals surface area contributed by atoms with Gasteiger partial charge in [0, 0.05) is 19.2 Å². The zero-order valence-corrected chi connectivity index (χ0v) is 13.9. The lowest BCUT2D eigenvalue weighted by molar-refractivity contribution is -0.125. The molecule has 2 aromatic carbocycles. The van der Waals surface area contributed by atoms with Gasteiger partial charge in [0.25, 0.3) is 0 Å². The molecule has 3 N–H and O–H groups in total. The summed E-state index contributed by atoms with van der Waals surface area (Å²) in [5, 5.41) is 7.00. The Bertz CT molecular complexity index is 713. The van der Waals surface area contributed by atoms with Crippen molar-refractivity contribution in [2.24, 2.45) is 5.73 Å². The van der Waals surface area contributed by atoms with Crippen molar-refractivity contribution in [1.82, 2.24) is 0 Å². The highest BCUT2D eigenvalue weighted by molar-refractivity contribution is 6.06. The molecule has 0 aromatic heterocycles. The minimum absolute atomic E-state index is 0.0773. The maximum atomic E-state index is 12.5. The summed E-state index contributed by atoms with van der Waals surface area (Å²) < 4.78 is 0. The van der Waals surface area contributed by atoms with Gasteiger partial charge in [-0.3, -0.25) is 14.5 Å². The van der Waals surface area contributed by atoms with E-state index < -0.39 is 11.4 Å². The number of hydrogen-bond donors (Lipinski definition) is 2. The van der Waals surface area contributed by atoms with Crippen LogP contribution in [0.25, 0.3) is 0 Å². The minimum atomic E-state index is -1.10. The van der Waals surface area contributed by atoms with Crippen molar-refractivity contribution < 1.29 is 14.7 Å². The summed E-state index contributed by atoms with van der Waals surface area (Å²) in [4.78, 5) is 26.4. The number of amides is 2. The van der Waals surface area contributed by atoms with Gasteiger partial charge in [0.05, 0.1) is 0 Å². The third-order valence-corrected chi connectivity index (χ3v) is 4.28. The standard InChI is InChI=1S/C18H18N2O2.CH4O/c1-13-7-9-15(10-8-13)20-16(21)11-12-18(20,17(19)22)14-5-3-2-4-6-14;1-2/h2-10H,11-12H2,1H3,(H2,19,22);2H,1H3/t18-;/m0./s1. The number of nitrogens with two attached hydrogens (primary N) is 1. The van der Waals surface area contributed by atoms with Crippen molar-refractivity contribution in [2.45, 2.75) is 25.3 Å². The maximum absolute atomic E-state index is 12.5. The number of aliphatic hydroxyl groups is 1. The monoisotopic (exact) mass is 326 g/mol. The molecule has 3 rings (SSSR count). The van der Waals surface area contributed by atoms with Crippen molar-refractivity contribution in [1.29, 1.82) is 0 Å². The van der Waals surface area contributed by atoms with Crippen molar-refractivity contribution >= 4 is 17.5 Å². The second-order valence-electron chi connectivity index (χ2n) is 5.66. The summed E-state index contributed by atoms with van der Waals surface area (Å²) >= 11 is 0. The second kappa shape index (κ2) is 7.27. The van der Waals surface area contributed by atoms with Crippen LogP contribution in [0.3, 0.4) is 0 Å². The summed E-state index contributed by atoms with van der Waals surface area (Å²) in [6.07, 6.45) is 0.713. The van der Waals surface area contributed by atoms with Crippen LogP contribution in [-0.2, 0) is 15.1 Å². The molecule has 1 fully saturated rings.